The molecule has 0 amide bonds. The van der Waals surface area contributed by atoms with E-state index in [0.717, 1.165) is 22.2 Å². The molecular formula is C22H20N2O3S. The van der Waals surface area contributed by atoms with Gasteiger partial charge in [-0.3, -0.25) is 4.72 Å². The van der Waals surface area contributed by atoms with Crippen LogP contribution in [0.3, 0.4) is 0 Å². The number of nitrogens with one attached hydrogen (secondary N) is 1. The van der Waals surface area contributed by atoms with Crippen molar-refractivity contribution >= 4 is 26.6 Å². The van der Waals surface area contributed by atoms with Crippen molar-refractivity contribution in [1.82, 2.24) is 4.57 Å². The largest absolute Gasteiger partial charge is 0.506 e. The number of hydrogen-bond acceptors (Lipinski definition) is 3. The van der Waals surface area contributed by atoms with Crippen LogP contribution in [0.2, 0.25) is 0 Å². The molecule has 0 saturated heterocycles. The molecular weight excluding hydrogens is 372 g/mol. The van der Waals surface area contributed by atoms with Crippen LogP contribution in [0.4, 0.5) is 5.69 Å². The van der Waals surface area contributed by atoms with Gasteiger partial charge in [-0.15, -0.1) is 0 Å². The molecule has 0 radical (unpaired) electrons. The molecule has 1 heterocycles. The molecule has 0 saturated carbocycles. The second kappa shape index (κ2) is 6.73. The molecule has 0 unspecified atom stereocenters. The van der Waals surface area contributed by atoms with Gasteiger partial charge in [-0.25, -0.2) is 8.42 Å². The highest BCUT2D eigenvalue weighted by molar-refractivity contribution is 7.92. The van der Waals surface area contributed by atoms with E-state index in [1.807, 2.05) is 42.7 Å². The van der Waals surface area contributed by atoms with Crippen molar-refractivity contribution in [3.05, 3.63) is 84.1 Å². The van der Waals surface area contributed by atoms with Crippen molar-refractivity contribution in [2.45, 2.75) is 18.7 Å². The van der Waals surface area contributed by atoms with Gasteiger partial charge in [-0.05, 0) is 55.8 Å². The Balaban J connectivity index is 1.83. The SMILES string of the molecule is Cc1c(C)n(-c2cc(NS(=O)(=O)c3ccccc3)ccc2O)c2ccccc12. The number of sulfonamides is 1. The number of phenols is 1. The summed E-state index contributed by atoms with van der Waals surface area (Å²) in [5.41, 5.74) is 3.96. The maximum absolute atomic E-state index is 12.6. The minimum Gasteiger partial charge on any atom is -0.506 e. The van der Waals surface area contributed by atoms with Crippen LogP contribution in [0, 0.1) is 13.8 Å². The molecule has 0 bridgehead atoms. The quantitative estimate of drug-likeness (QED) is 0.492. The highest BCUT2D eigenvalue weighted by Crippen LogP contribution is 2.34. The van der Waals surface area contributed by atoms with Gasteiger partial charge in [-0.1, -0.05) is 36.4 Å². The number of anilines is 1. The molecule has 6 heteroatoms. The molecule has 4 aromatic rings. The smallest absolute Gasteiger partial charge is 0.261 e. The monoisotopic (exact) mass is 392 g/mol. The lowest BCUT2D eigenvalue weighted by Crippen LogP contribution is -2.13. The van der Waals surface area contributed by atoms with Gasteiger partial charge in [0.1, 0.15) is 5.75 Å². The first kappa shape index (κ1) is 18.1. The van der Waals surface area contributed by atoms with Gasteiger partial charge < -0.3 is 9.67 Å². The molecule has 0 fully saturated rings. The first-order chi connectivity index (χ1) is 13.4. The lowest BCUT2D eigenvalue weighted by atomic mass is 10.2. The fraction of sp³-hybridized carbons (Fsp3) is 0.0909. The van der Waals surface area contributed by atoms with Crippen molar-refractivity contribution in [3.63, 3.8) is 0 Å². The highest BCUT2D eigenvalue weighted by Gasteiger charge is 2.17. The third-order valence-electron chi connectivity index (χ3n) is 4.95. The number of rotatable bonds is 4. The van der Waals surface area contributed by atoms with Crippen LogP contribution >= 0.6 is 0 Å². The number of aromatic hydroxyl groups is 1. The molecule has 0 atom stereocenters. The lowest BCUT2D eigenvalue weighted by Gasteiger charge is -2.14. The van der Waals surface area contributed by atoms with Crippen LogP contribution in [0.5, 0.6) is 5.75 Å². The number of hydrogen-bond donors (Lipinski definition) is 2. The average Bonchev–Trinajstić information content (AvgIpc) is 2.95. The predicted octanol–water partition coefficient (Wildman–Crippen LogP) is 4.75. The van der Waals surface area contributed by atoms with E-state index in [0.29, 0.717) is 11.4 Å². The first-order valence-corrected chi connectivity index (χ1v) is 10.3. The summed E-state index contributed by atoms with van der Waals surface area (Å²) in [6.07, 6.45) is 0. The second-order valence-electron chi connectivity index (χ2n) is 6.69. The minimum absolute atomic E-state index is 0.0755. The van der Waals surface area contributed by atoms with E-state index in [1.165, 1.54) is 18.2 Å². The van der Waals surface area contributed by atoms with E-state index in [1.54, 1.807) is 30.3 Å². The molecule has 0 spiro atoms. The van der Waals surface area contributed by atoms with Crippen LogP contribution in [0.15, 0.2) is 77.7 Å². The zero-order chi connectivity index (χ0) is 19.9. The Hall–Kier alpha value is -3.25. The molecule has 0 aliphatic carbocycles. The summed E-state index contributed by atoms with van der Waals surface area (Å²) in [6.45, 7) is 4.02. The summed E-state index contributed by atoms with van der Waals surface area (Å²) in [4.78, 5) is 0.183. The lowest BCUT2D eigenvalue weighted by molar-refractivity contribution is 0.472. The summed E-state index contributed by atoms with van der Waals surface area (Å²) in [6, 6.07) is 20.8. The third kappa shape index (κ3) is 3.01. The van der Waals surface area contributed by atoms with Crippen molar-refractivity contribution in [3.8, 4) is 11.4 Å². The molecule has 1 aromatic heterocycles. The summed E-state index contributed by atoms with van der Waals surface area (Å²) in [7, 11) is -3.71. The van der Waals surface area contributed by atoms with Crippen molar-refractivity contribution in [2.75, 3.05) is 4.72 Å². The number of aryl methyl sites for hydroxylation is 1. The average molecular weight is 392 g/mol. The number of aromatic nitrogens is 1. The molecule has 5 nitrogen and oxygen atoms in total. The van der Waals surface area contributed by atoms with Crippen LogP contribution in [0.1, 0.15) is 11.3 Å². The Kier molecular flexibility index (Phi) is 4.35. The summed E-state index contributed by atoms with van der Waals surface area (Å²) < 4.78 is 29.8. The molecule has 2 N–H and O–H groups in total. The van der Waals surface area contributed by atoms with Gasteiger partial charge in [0.25, 0.3) is 10.0 Å². The van der Waals surface area contributed by atoms with Crippen molar-refractivity contribution in [2.24, 2.45) is 0 Å². The van der Waals surface area contributed by atoms with E-state index in [2.05, 4.69) is 4.72 Å². The maximum atomic E-state index is 12.6. The van der Waals surface area contributed by atoms with E-state index in [-0.39, 0.29) is 10.6 Å². The predicted molar refractivity (Wildman–Crippen MR) is 112 cm³/mol. The molecule has 142 valence electrons. The van der Waals surface area contributed by atoms with Crippen LogP contribution < -0.4 is 4.72 Å². The summed E-state index contributed by atoms with van der Waals surface area (Å²) in [5.74, 6) is 0.0755. The number of benzene rings is 3. The Labute approximate surface area is 163 Å². The van der Waals surface area contributed by atoms with Crippen LogP contribution in [-0.4, -0.2) is 18.1 Å². The van der Waals surface area contributed by atoms with Crippen LogP contribution in [0.25, 0.3) is 16.6 Å². The van der Waals surface area contributed by atoms with E-state index in [4.69, 9.17) is 0 Å². The number of nitrogens with zero attached hydrogens (tertiary/aromatic N) is 1. The van der Waals surface area contributed by atoms with E-state index >= 15 is 0 Å². The second-order valence-corrected chi connectivity index (χ2v) is 8.37. The summed E-state index contributed by atoms with van der Waals surface area (Å²) in [5, 5.41) is 11.6. The van der Waals surface area contributed by atoms with Crippen molar-refractivity contribution < 1.29 is 13.5 Å². The number of fused-ring (bicyclic) bond motifs is 1. The van der Waals surface area contributed by atoms with Crippen LogP contribution in [-0.2, 0) is 10.0 Å². The maximum Gasteiger partial charge on any atom is 0.261 e. The Morgan fingerprint density at radius 1 is 0.893 bits per heavy atom. The topological polar surface area (TPSA) is 71.3 Å². The van der Waals surface area contributed by atoms with Gasteiger partial charge >= 0.3 is 0 Å². The molecule has 0 aliphatic heterocycles. The van der Waals surface area contributed by atoms with Gasteiger partial charge in [0, 0.05) is 11.1 Å². The molecule has 3 aromatic carbocycles. The van der Waals surface area contributed by atoms with Gasteiger partial charge in [0.2, 0.25) is 0 Å². The number of phenolic OH excluding ortho intramolecular Hbond substituents is 1. The standard InChI is InChI=1S/C22H20N2O3S/c1-15-16(2)24(20-11-7-6-10-19(15)20)21-14-17(12-13-22(21)25)23-28(26,27)18-8-4-3-5-9-18/h3-14,23,25H,1-2H3. The van der Waals surface area contributed by atoms with Gasteiger partial charge in [0.15, 0.2) is 0 Å². The Morgan fingerprint density at radius 2 is 1.57 bits per heavy atom. The Morgan fingerprint density at radius 3 is 2.32 bits per heavy atom. The minimum atomic E-state index is -3.71. The molecule has 28 heavy (non-hydrogen) atoms. The normalized spacial score (nSPS) is 11.6. The van der Waals surface area contributed by atoms with E-state index in [9.17, 15) is 13.5 Å². The zero-order valence-electron chi connectivity index (χ0n) is 15.5. The highest BCUT2D eigenvalue weighted by atomic mass is 32.2. The third-order valence-corrected chi connectivity index (χ3v) is 6.35. The fourth-order valence-electron chi connectivity index (χ4n) is 3.42. The molecule has 0 aliphatic rings. The molecule has 4 rings (SSSR count). The summed E-state index contributed by atoms with van der Waals surface area (Å²) >= 11 is 0. The fourth-order valence-corrected chi connectivity index (χ4v) is 4.49. The van der Waals surface area contributed by atoms with Gasteiger partial charge in [-0.2, -0.15) is 0 Å². The van der Waals surface area contributed by atoms with Gasteiger partial charge in [0.05, 0.1) is 21.8 Å². The Bertz CT molecular complexity index is 1280. The first-order valence-electron chi connectivity index (χ1n) is 8.86. The number of para-hydroxylation sites is 1. The van der Waals surface area contributed by atoms with E-state index < -0.39 is 10.0 Å². The van der Waals surface area contributed by atoms with Crippen molar-refractivity contribution in [1.29, 1.82) is 0 Å². The zero-order valence-corrected chi connectivity index (χ0v) is 16.4.